The number of likely N-dealkylation sites (tertiary alicyclic amines) is 1. The Hall–Kier alpha value is -1.62. The second-order valence-electron chi connectivity index (χ2n) is 5.09. The van der Waals surface area contributed by atoms with Crippen LogP contribution in [0.15, 0.2) is 24.3 Å². The van der Waals surface area contributed by atoms with Crippen LogP contribution < -0.4 is 4.90 Å². The predicted octanol–water partition coefficient (Wildman–Crippen LogP) is 1.55. The van der Waals surface area contributed by atoms with Crippen molar-refractivity contribution in [2.75, 3.05) is 32.1 Å². The van der Waals surface area contributed by atoms with Crippen molar-refractivity contribution in [3.63, 3.8) is 0 Å². The largest absolute Gasteiger partial charge is 0.366 e. The molecule has 2 atom stereocenters. The first-order chi connectivity index (χ1) is 8.69. The first-order valence-electron chi connectivity index (χ1n) is 6.27. The summed E-state index contributed by atoms with van der Waals surface area (Å²) in [6.45, 7) is 2.23. The highest BCUT2D eigenvalue weighted by Crippen LogP contribution is 2.34. The fraction of sp³-hybridized carbons (Fsp3) is 0.538. The predicted molar refractivity (Wildman–Crippen MR) is 68.9 cm³/mol. The summed E-state index contributed by atoms with van der Waals surface area (Å²) in [5.41, 5.74) is 1.73. The van der Waals surface area contributed by atoms with E-state index in [9.17, 15) is 4.91 Å². The number of benzene rings is 1. The fourth-order valence-electron chi connectivity index (χ4n) is 3.05. The van der Waals surface area contributed by atoms with E-state index < -0.39 is 0 Å². The molecule has 0 spiro atoms. The third-order valence-electron chi connectivity index (χ3n) is 4.07. The molecule has 2 fully saturated rings. The monoisotopic (exact) mass is 248 g/mol. The van der Waals surface area contributed by atoms with Crippen LogP contribution in [-0.2, 0) is 4.84 Å². The number of rotatable bonds is 3. The van der Waals surface area contributed by atoms with E-state index in [1.807, 2.05) is 24.3 Å². The number of fused-ring (bicyclic) bond motifs is 2. The lowest BCUT2D eigenvalue weighted by molar-refractivity contribution is -0.736. The summed E-state index contributed by atoms with van der Waals surface area (Å²) in [6, 6.07) is 8.92. The minimum Gasteiger partial charge on any atom is -0.366 e. The van der Waals surface area contributed by atoms with E-state index in [0.29, 0.717) is 22.7 Å². The van der Waals surface area contributed by atoms with Crippen LogP contribution in [0.2, 0.25) is 0 Å². The van der Waals surface area contributed by atoms with Gasteiger partial charge in [0.15, 0.2) is 7.11 Å². The summed E-state index contributed by atoms with van der Waals surface area (Å²) in [5, 5.41) is 0. The van der Waals surface area contributed by atoms with Gasteiger partial charge in [-0.15, -0.1) is 0 Å². The van der Waals surface area contributed by atoms with Gasteiger partial charge in [-0.05, 0) is 25.6 Å². The molecule has 0 amide bonds. The van der Waals surface area contributed by atoms with Gasteiger partial charge in [0.25, 0.3) is 4.92 Å². The minimum absolute atomic E-state index is 0.522. The molecule has 0 radical (unpaired) electrons. The molecule has 2 heterocycles. The summed E-state index contributed by atoms with van der Waals surface area (Å²) in [4.78, 5) is 21.3. The normalized spacial score (nSPS) is 26.7. The number of hydrogen-bond acceptors (Lipinski definition) is 4. The van der Waals surface area contributed by atoms with Crippen LogP contribution in [0.25, 0.3) is 0 Å². The summed E-state index contributed by atoms with van der Waals surface area (Å²) in [7, 11) is 3.56. The third-order valence-corrected chi connectivity index (χ3v) is 4.07. The van der Waals surface area contributed by atoms with Crippen molar-refractivity contribution in [3.05, 3.63) is 29.2 Å². The van der Waals surface area contributed by atoms with Crippen LogP contribution in [0.5, 0.6) is 0 Å². The number of nitrogens with zero attached hydrogens (tertiary/aromatic N) is 3. The Labute approximate surface area is 106 Å². The second-order valence-corrected chi connectivity index (χ2v) is 5.09. The maximum atomic E-state index is 11.3. The van der Waals surface area contributed by atoms with Crippen LogP contribution >= 0.6 is 0 Å². The van der Waals surface area contributed by atoms with Crippen LogP contribution in [0.4, 0.5) is 11.4 Å². The van der Waals surface area contributed by atoms with Gasteiger partial charge in [0.2, 0.25) is 0 Å². The van der Waals surface area contributed by atoms with Crippen molar-refractivity contribution in [2.45, 2.75) is 18.5 Å². The maximum Gasteiger partial charge on any atom is 0.316 e. The molecule has 2 unspecified atom stereocenters. The van der Waals surface area contributed by atoms with Gasteiger partial charge in [0.05, 0.1) is 4.91 Å². The number of piperazine rings is 1. The Morgan fingerprint density at radius 2 is 1.94 bits per heavy atom. The molecule has 3 rings (SSSR count). The summed E-state index contributed by atoms with van der Waals surface area (Å²) >= 11 is 0. The second kappa shape index (κ2) is 4.24. The lowest BCUT2D eigenvalue weighted by Crippen LogP contribution is -2.44. The van der Waals surface area contributed by atoms with E-state index in [4.69, 9.17) is 0 Å². The van der Waals surface area contributed by atoms with Crippen molar-refractivity contribution < 1.29 is 9.76 Å². The average molecular weight is 248 g/mol. The molecule has 2 bridgehead atoms. The first-order valence-corrected chi connectivity index (χ1v) is 6.27. The highest BCUT2D eigenvalue weighted by Gasteiger charge is 2.41. The van der Waals surface area contributed by atoms with Crippen molar-refractivity contribution in [1.29, 1.82) is 0 Å². The Balaban J connectivity index is 1.76. The standard InChI is InChI=1S/C13H18N3O2/c1-14-8-13-7-12(14)9-15(13)10-3-5-11(6-4-10)16(17)18-2/h3-6,12-13H,7-9H2,1-2H3/q+1. The zero-order valence-corrected chi connectivity index (χ0v) is 10.7. The lowest BCUT2D eigenvalue weighted by atomic mass is 10.2. The van der Waals surface area contributed by atoms with Crippen LogP contribution in [0.1, 0.15) is 6.42 Å². The molecule has 0 aromatic heterocycles. The minimum atomic E-state index is 0.522. The molecule has 5 nitrogen and oxygen atoms in total. The molecule has 96 valence electrons. The van der Waals surface area contributed by atoms with Crippen molar-refractivity contribution >= 4 is 11.4 Å². The number of likely N-dealkylation sites (N-methyl/N-ethyl adjacent to an activating group) is 1. The first kappa shape index (κ1) is 11.5. The van der Waals surface area contributed by atoms with Gasteiger partial charge >= 0.3 is 5.69 Å². The molecule has 0 saturated carbocycles. The lowest BCUT2D eigenvalue weighted by Gasteiger charge is -2.33. The summed E-state index contributed by atoms with van der Waals surface area (Å²) in [6.07, 6.45) is 1.25. The van der Waals surface area contributed by atoms with Crippen molar-refractivity contribution in [2.24, 2.45) is 0 Å². The topological polar surface area (TPSA) is 35.8 Å². The quantitative estimate of drug-likeness (QED) is 0.760. The van der Waals surface area contributed by atoms with Crippen LogP contribution in [0.3, 0.4) is 0 Å². The molecule has 2 aliphatic rings. The van der Waals surface area contributed by atoms with Gasteiger partial charge in [-0.1, -0.05) is 0 Å². The van der Waals surface area contributed by atoms with Gasteiger partial charge in [0, 0.05) is 43.0 Å². The summed E-state index contributed by atoms with van der Waals surface area (Å²) in [5.74, 6) is 0. The Morgan fingerprint density at radius 3 is 2.44 bits per heavy atom. The van der Waals surface area contributed by atoms with Gasteiger partial charge < -0.3 is 4.90 Å². The average Bonchev–Trinajstić information content (AvgIpc) is 2.97. The number of hydrogen-bond donors (Lipinski definition) is 0. The molecule has 5 heteroatoms. The third kappa shape index (κ3) is 1.75. The van der Waals surface area contributed by atoms with E-state index >= 15 is 0 Å². The van der Waals surface area contributed by atoms with E-state index in [-0.39, 0.29) is 0 Å². The molecule has 0 aliphatic carbocycles. The molecule has 2 aliphatic heterocycles. The number of anilines is 1. The Bertz CT molecular complexity index is 458. The van der Waals surface area contributed by atoms with E-state index in [1.54, 1.807) is 0 Å². The SMILES string of the molecule is CO[N+](=O)c1ccc(N2CC3CC2CN3C)cc1. The molecular formula is C13H18N3O2+. The molecule has 2 saturated heterocycles. The van der Waals surface area contributed by atoms with Crippen LogP contribution in [-0.4, -0.2) is 49.2 Å². The van der Waals surface area contributed by atoms with E-state index in [2.05, 4.69) is 21.7 Å². The molecule has 1 aromatic carbocycles. The van der Waals surface area contributed by atoms with Gasteiger partial charge in [-0.25, -0.2) is 4.84 Å². The van der Waals surface area contributed by atoms with E-state index in [1.165, 1.54) is 19.2 Å². The smallest absolute Gasteiger partial charge is 0.316 e. The van der Waals surface area contributed by atoms with Gasteiger partial charge in [-0.3, -0.25) is 4.90 Å². The van der Waals surface area contributed by atoms with E-state index in [0.717, 1.165) is 13.1 Å². The van der Waals surface area contributed by atoms with Gasteiger partial charge in [-0.2, -0.15) is 0 Å². The highest BCUT2D eigenvalue weighted by molar-refractivity contribution is 5.53. The van der Waals surface area contributed by atoms with Crippen LogP contribution in [0, 0.1) is 4.91 Å². The Kier molecular flexibility index (Phi) is 2.70. The fourth-order valence-corrected chi connectivity index (χ4v) is 3.05. The molecular weight excluding hydrogens is 230 g/mol. The maximum absolute atomic E-state index is 11.3. The zero-order valence-electron chi connectivity index (χ0n) is 10.7. The van der Waals surface area contributed by atoms with Gasteiger partial charge in [0.1, 0.15) is 0 Å². The molecule has 1 aromatic rings. The van der Waals surface area contributed by atoms with Crippen molar-refractivity contribution in [3.8, 4) is 0 Å². The van der Waals surface area contributed by atoms with Crippen molar-refractivity contribution in [1.82, 2.24) is 4.90 Å². The zero-order chi connectivity index (χ0) is 12.7. The molecule has 0 N–H and O–H groups in total. The highest BCUT2D eigenvalue weighted by atomic mass is 16.8. The summed E-state index contributed by atoms with van der Waals surface area (Å²) < 4.78 is 0. The Morgan fingerprint density at radius 1 is 1.22 bits per heavy atom. The molecule has 18 heavy (non-hydrogen) atoms.